The Bertz CT molecular complexity index is 1420. The van der Waals surface area contributed by atoms with E-state index in [1.54, 1.807) is 24.5 Å². The highest BCUT2D eigenvalue weighted by molar-refractivity contribution is 5.68. The number of aliphatic hydroxyl groups is 4. The quantitative estimate of drug-likeness (QED) is 0.0428. The number of carbonyl (C=O) groups is 6. The van der Waals surface area contributed by atoms with E-state index in [2.05, 4.69) is 0 Å². The smallest absolute Gasteiger partial charge is 0.0793 e. The van der Waals surface area contributed by atoms with E-state index < -0.39 is 93.3 Å². The van der Waals surface area contributed by atoms with Crippen LogP contribution in [0.3, 0.4) is 0 Å². The van der Waals surface area contributed by atoms with Crippen LogP contribution >= 0.6 is 0 Å². The monoisotopic (exact) mass is 1070 g/mol. The summed E-state index contributed by atoms with van der Waals surface area (Å²) in [4.78, 5) is 84.9. The normalized spacial score (nSPS) is 19.1. The van der Waals surface area contributed by atoms with Crippen molar-refractivity contribution in [2.24, 2.45) is 0 Å². The minimum Gasteiger partial charge on any atom is -0.549 e. The van der Waals surface area contributed by atoms with Crippen molar-refractivity contribution in [2.45, 2.75) is 18.2 Å². The number of rotatable bonds is 35. The fraction of sp³-hybridized carbons (Fsp3) is 0.867. The maximum atomic E-state index is 12.0. The molecule has 2 heterocycles. The Kier molecular flexibility index (Phi) is 35.4. The standard InChI is InChI=1S/C45H85N9O20/c55-17-19-71-21-23-73-35-37(36-74-24-22-72-20-18-56)54(27-38(57)25-46-1-5-48(29-40(59)60)9-13-52(33-44(67)68)14-10-49(6-2-46)30-41(61)62)28-39(58)26-47-3-7-50(31-42(63)64)11-15-53(34-45(69)70)16-12-51(8-4-47)32-43(65)66/h37-39,55-58H,1-36H2,(H,59,60)(H,61,62)(H,63,64)(H,65,66)(H,67,68)(H,69,70)/p-6. The summed E-state index contributed by atoms with van der Waals surface area (Å²) in [5, 5.41) is 112. The molecule has 0 aromatic rings. The van der Waals surface area contributed by atoms with Crippen molar-refractivity contribution in [3.63, 3.8) is 0 Å². The first-order chi connectivity index (χ1) is 35.3. The predicted molar refractivity (Wildman–Crippen MR) is 246 cm³/mol. The van der Waals surface area contributed by atoms with Crippen LogP contribution in [-0.2, 0) is 47.7 Å². The first-order valence-electron chi connectivity index (χ1n) is 25.0. The molecule has 0 spiro atoms. The molecule has 29 nitrogen and oxygen atoms in total. The number of aliphatic carboxylic acids is 6. The summed E-state index contributed by atoms with van der Waals surface area (Å²) < 4.78 is 22.7. The number of hydrogen-bond acceptors (Lipinski definition) is 29. The summed E-state index contributed by atoms with van der Waals surface area (Å²) in [7, 11) is 0. The van der Waals surface area contributed by atoms with Crippen LogP contribution in [0.25, 0.3) is 0 Å². The predicted octanol–water partition coefficient (Wildman–Crippen LogP) is -14.6. The fourth-order valence-electron chi connectivity index (χ4n) is 8.46. The van der Waals surface area contributed by atoms with Crippen molar-refractivity contribution in [1.29, 1.82) is 0 Å². The summed E-state index contributed by atoms with van der Waals surface area (Å²) in [5.74, 6) is -8.16. The van der Waals surface area contributed by atoms with Gasteiger partial charge in [-0.1, -0.05) is 0 Å². The molecule has 74 heavy (non-hydrogen) atoms. The molecule has 0 bridgehead atoms. The summed E-state index contributed by atoms with van der Waals surface area (Å²) in [6.07, 6.45) is -2.37. The van der Waals surface area contributed by atoms with E-state index in [1.807, 2.05) is 9.80 Å². The number of hydrogen-bond donors (Lipinski definition) is 4. The summed E-state index contributed by atoms with van der Waals surface area (Å²) in [6.45, 7) is -0.715. The largest absolute Gasteiger partial charge is 0.549 e. The highest BCUT2D eigenvalue weighted by Crippen LogP contribution is 2.11. The minimum absolute atomic E-state index is 0.0104. The van der Waals surface area contributed by atoms with E-state index in [9.17, 15) is 69.6 Å². The van der Waals surface area contributed by atoms with Crippen LogP contribution in [0, 0.1) is 0 Å². The molecule has 2 aliphatic heterocycles. The second-order valence-corrected chi connectivity index (χ2v) is 18.2. The van der Waals surface area contributed by atoms with Crippen LogP contribution in [0.2, 0.25) is 0 Å². The van der Waals surface area contributed by atoms with Crippen LogP contribution in [0.5, 0.6) is 0 Å². The number of aliphatic hydroxyl groups excluding tert-OH is 4. The molecular weight excluding hydrogens is 987 g/mol. The van der Waals surface area contributed by atoms with Crippen molar-refractivity contribution in [2.75, 3.05) is 236 Å². The maximum Gasteiger partial charge on any atom is 0.0793 e. The number of ether oxygens (including phenoxy) is 4. The zero-order valence-electron chi connectivity index (χ0n) is 42.5. The third kappa shape index (κ3) is 33.2. The average Bonchev–Trinajstić information content (AvgIpc) is 3.31. The zero-order valence-corrected chi connectivity index (χ0v) is 42.5. The van der Waals surface area contributed by atoms with Crippen LogP contribution < -0.4 is 30.6 Å². The van der Waals surface area contributed by atoms with Gasteiger partial charge in [-0.05, 0) is 0 Å². The number of carboxylic acids is 6. The molecule has 4 N–H and O–H groups in total. The SMILES string of the molecule is O=C([O-])CN1CCN(CC(=O)[O-])CCN(CC(O)CN(CC(O)CN2CCN(CC(=O)[O-])CCN(CC(=O)[O-])CCN(CC(=O)[O-])CC2)C(COCCOCCO)COCCOCCO)CCN(CC(=O)[O-])CC1. The molecule has 430 valence electrons. The molecule has 2 fully saturated rings. The number of carbonyl (C=O) groups excluding carboxylic acids is 6. The topological polar surface area (TPSA) is 388 Å². The van der Waals surface area contributed by atoms with Crippen LogP contribution in [-0.4, -0.2) is 355 Å². The molecule has 2 atom stereocenters. The lowest BCUT2D eigenvalue weighted by molar-refractivity contribution is -0.308. The first-order valence-corrected chi connectivity index (χ1v) is 25.0. The van der Waals surface area contributed by atoms with Crippen molar-refractivity contribution in [3.05, 3.63) is 0 Å². The van der Waals surface area contributed by atoms with E-state index in [4.69, 9.17) is 29.2 Å². The second kappa shape index (κ2) is 39.5. The first kappa shape index (κ1) is 66.3. The van der Waals surface area contributed by atoms with E-state index in [1.165, 1.54) is 9.80 Å². The number of β-amino-alcohol motifs (C(OH)–C–C–N with tert-alkyl or cyclic N) is 2. The van der Waals surface area contributed by atoms with E-state index >= 15 is 0 Å². The molecule has 2 aliphatic rings. The molecular formula is C45H79N9O20-6. The van der Waals surface area contributed by atoms with E-state index in [0.29, 0.717) is 0 Å². The molecule has 0 amide bonds. The Morgan fingerprint density at radius 2 is 0.581 bits per heavy atom. The second-order valence-electron chi connectivity index (χ2n) is 18.2. The van der Waals surface area contributed by atoms with Crippen LogP contribution in [0.4, 0.5) is 0 Å². The van der Waals surface area contributed by atoms with Gasteiger partial charge in [-0.25, -0.2) is 0 Å². The Balaban J connectivity index is 2.49. The van der Waals surface area contributed by atoms with E-state index in [-0.39, 0.29) is 197 Å². The third-order valence-electron chi connectivity index (χ3n) is 12.2. The van der Waals surface area contributed by atoms with Gasteiger partial charge in [0.05, 0.1) is 120 Å². The average molecular weight is 1070 g/mol. The van der Waals surface area contributed by atoms with Gasteiger partial charge in [0.1, 0.15) is 0 Å². The van der Waals surface area contributed by atoms with Gasteiger partial charge in [0.2, 0.25) is 0 Å². The van der Waals surface area contributed by atoms with Gasteiger partial charge in [-0.3, -0.25) is 44.1 Å². The molecule has 0 radical (unpaired) electrons. The molecule has 0 aliphatic carbocycles. The fourth-order valence-corrected chi connectivity index (χ4v) is 8.46. The van der Waals surface area contributed by atoms with Crippen LogP contribution in [0.1, 0.15) is 0 Å². The van der Waals surface area contributed by atoms with Gasteiger partial charge in [0, 0.05) is 170 Å². The third-order valence-corrected chi connectivity index (χ3v) is 12.2. The van der Waals surface area contributed by atoms with Gasteiger partial charge in [-0.2, -0.15) is 0 Å². The van der Waals surface area contributed by atoms with Crippen molar-refractivity contribution in [1.82, 2.24) is 44.1 Å². The van der Waals surface area contributed by atoms with Crippen molar-refractivity contribution < 1.29 is 98.8 Å². The Labute approximate surface area is 432 Å². The Hall–Kier alpha value is -3.86. The molecule has 0 aromatic heterocycles. The molecule has 2 unspecified atom stereocenters. The summed E-state index contributed by atoms with van der Waals surface area (Å²) in [5.41, 5.74) is 0. The molecule has 29 heteroatoms. The summed E-state index contributed by atoms with van der Waals surface area (Å²) >= 11 is 0. The zero-order chi connectivity index (χ0) is 54.7. The van der Waals surface area contributed by atoms with Gasteiger partial charge in [0.15, 0.2) is 0 Å². The number of carboxylic acid groups (broad SMARTS) is 6. The molecule has 0 aromatic carbocycles. The lowest BCUT2D eigenvalue weighted by Crippen LogP contribution is -2.54. The highest BCUT2D eigenvalue weighted by Gasteiger charge is 2.28. The highest BCUT2D eigenvalue weighted by atomic mass is 16.5. The van der Waals surface area contributed by atoms with Gasteiger partial charge in [-0.15, -0.1) is 0 Å². The number of nitrogens with zero attached hydrogens (tertiary/aromatic N) is 9. The molecule has 2 rings (SSSR count). The maximum absolute atomic E-state index is 12.0. The van der Waals surface area contributed by atoms with Crippen LogP contribution in [0.15, 0.2) is 0 Å². The van der Waals surface area contributed by atoms with Gasteiger partial charge >= 0.3 is 0 Å². The van der Waals surface area contributed by atoms with Gasteiger partial charge in [0.25, 0.3) is 0 Å². The lowest BCUT2D eigenvalue weighted by atomic mass is 10.1. The van der Waals surface area contributed by atoms with Gasteiger partial charge < -0.3 is 98.8 Å². The minimum atomic E-state index is -1.36. The van der Waals surface area contributed by atoms with Crippen molar-refractivity contribution >= 4 is 35.8 Å². The van der Waals surface area contributed by atoms with E-state index in [0.717, 1.165) is 0 Å². The molecule has 0 saturated carbocycles. The lowest BCUT2D eigenvalue weighted by Gasteiger charge is -2.38. The molecule has 2 saturated heterocycles. The Morgan fingerprint density at radius 1 is 0.365 bits per heavy atom. The van der Waals surface area contributed by atoms with Crippen molar-refractivity contribution in [3.8, 4) is 0 Å². The summed E-state index contributed by atoms with van der Waals surface area (Å²) in [6, 6.07) is -0.658. The Morgan fingerprint density at radius 3 is 0.797 bits per heavy atom.